The lowest BCUT2D eigenvalue weighted by Gasteiger charge is -2.42. The maximum Gasteiger partial charge on any atom is 0.362 e. The molecule has 0 amide bonds. The maximum absolute atomic E-state index is 13.6. The highest BCUT2D eigenvalue weighted by atomic mass is 16.6. The van der Waals surface area contributed by atoms with Gasteiger partial charge in [0.25, 0.3) is 0 Å². The van der Waals surface area contributed by atoms with E-state index in [1.54, 1.807) is 28.4 Å². The number of carboxylic acid groups (broad SMARTS) is 1. The Bertz CT molecular complexity index is 1190. The Morgan fingerprint density at radius 3 is 2.00 bits per heavy atom. The van der Waals surface area contributed by atoms with Crippen LogP contribution in [0, 0.1) is 5.21 Å². The van der Waals surface area contributed by atoms with Gasteiger partial charge in [0.1, 0.15) is 6.54 Å². The van der Waals surface area contributed by atoms with E-state index in [9.17, 15) is 15.1 Å². The maximum atomic E-state index is 13.6. The van der Waals surface area contributed by atoms with Crippen molar-refractivity contribution in [2.45, 2.75) is 25.4 Å². The number of hydrogen-bond donors (Lipinski definition) is 1. The number of carboxylic acids is 1. The van der Waals surface area contributed by atoms with E-state index < -0.39 is 16.7 Å². The fraction of sp³-hybridized carbons (Fsp3) is 0.375. The third-order valence-corrected chi connectivity index (χ3v) is 6.35. The molecule has 3 aromatic carbocycles. The van der Waals surface area contributed by atoms with E-state index in [4.69, 9.17) is 18.9 Å². The van der Waals surface area contributed by atoms with Gasteiger partial charge in [0.2, 0.25) is 0 Å². The summed E-state index contributed by atoms with van der Waals surface area (Å²) in [6, 6.07) is 8.44. The standard InChI is InChI=1S/C24H27NO7/c1-29-20-9-14-8-15(13-25(28)7-5-6-19(25)24(26)27)17-11-22(31-3)23(32-4)12-18(17)16(14)10-21(20)30-2/h8-12,19H,5-7,13H2,1-4H3,(H,26,27)/t19?,25-/m0/s1. The number of fused-ring (bicyclic) bond motifs is 3. The minimum atomic E-state index is -1.05. The molecule has 1 aliphatic rings. The number of rotatable bonds is 7. The second kappa shape index (κ2) is 8.37. The molecule has 1 fully saturated rings. The molecule has 8 nitrogen and oxygen atoms in total. The second-order valence-corrected chi connectivity index (χ2v) is 8.05. The van der Waals surface area contributed by atoms with Crippen molar-refractivity contribution in [3.63, 3.8) is 0 Å². The normalized spacial score (nSPS) is 20.5. The zero-order chi connectivity index (χ0) is 23.0. The van der Waals surface area contributed by atoms with Crippen LogP contribution in [0.3, 0.4) is 0 Å². The van der Waals surface area contributed by atoms with Crippen molar-refractivity contribution >= 4 is 27.5 Å². The molecule has 170 valence electrons. The number of quaternary nitrogens is 1. The third-order valence-electron chi connectivity index (χ3n) is 6.35. The van der Waals surface area contributed by atoms with Gasteiger partial charge in [0.15, 0.2) is 29.0 Å². The zero-order valence-electron chi connectivity index (χ0n) is 18.6. The first-order valence-electron chi connectivity index (χ1n) is 10.4. The summed E-state index contributed by atoms with van der Waals surface area (Å²) in [5.41, 5.74) is 0.754. The van der Waals surface area contributed by atoms with E-state index in [0.717, 1.165) is 27.1 Å². The highest BCUT2D eigenvalue weighted by molar-refractivity contribution is 6.11. The molecule has 1 N–H and O–H groups in total. The Kier molecular flexibility index (Phi) is 5.75. The van der Waals surface area contributed by atoms with Gasteiger partial charge in [-0.1, -0.05) is 0 Å². The molecule has 1 saturated heterocycles. The van der Waals surface area contributed by atoms with Gasteiger partial charge in [-0.15, -0.1) is 0 Å². The number of aliphatic carboxylic acids is 1. The topological polar surface area (TPSA) is 97.3 Å². The van der Waals surface area contributed by atoms with Crippen LogP contribution >= 0.6 is 0 Å². The number of hydroxylamine groups is 3. The van der Waals surface area contributed by atoms with Crippen LogP contribution in [0.2, 0.25) is 0 Å². The predicted octanol–water partition coefficient (Wildman–Crippen LogP) is 4.09. The average molecular weight is 441 g/mol. The van der Waals surface area contributed by atoms with Gasteiger partial charge in [-0.05, 0) is 51.9 Å². The van der Waals surface area contributed by atoms with E-state index in [2.05, 4.69) is 0 Å². The zero-order valence-corrected chi connectivity index (χ0v) is 18.6. The van der Waals surface area contributed by atoms with E-state index in [-0.39, 0.29) is 13.1 Å². The number of benzene rings is 3. The largest absolute Gasteiger partial charge is 0.632 e. The molecule has 0 bridgehead atoms. The lowest BCUT2D eigenvalue weighted by atomic mass is 9.95. The van der Waals surface area contributed by atoms with Gasteiger partial charge in [-0.25, -0.2) is 4.79 Å². The van der Waals surface area contributed by atoms with Crippen LogP contribution in [-0.4, -0.2) is 56.7 Å². The molecule has 8 heteroatoms. The van der Waals surface area contributed by atoms with E-state index >= 15 is 0 Å². The molecule has 1 unspecified atom stereocenters. The van der Waals surface area contributed by atoms with Crippen LogP contribution in [0.15, 0.2) is 30.3 Å². The Balaban J connectivity index is 2.01. The minimum absolute atomic E-state index is 0.0488. The number of likely N-dealkylation sites (tertiary alicyclic amines) is 1. The van der Waals surface area contributed by atoms with E-state index in [1.165, 1.54) is 0 Å². The predicted molar refractivity (Wildman–Crippen MR) is 121 cm³/mol. The smallest absolute Gasteiger partial charge is 0.362 e. The van der Waals surface area contributed by atoms with Crippen LogP contribution in [0.1, 0.15) is 18.4 Å². The van der Waals surface area contributed by atoms with Crippen molar-refractivity contribution in [1.82, 2.24) is 0 Å². The van der Waals surface area contributed by atoms with E-state index in [0.29, 0.717) is 35.8 Å². The van der Waals surface area contributed by atoms with Crippen LogP contribution < -0.4 is 18.9 Å². The van der Waals surface area contributed by atoms with Crippen molar-refractivity contribution in [2.24, 2.45) is 0 Å². The van der Waals surface area contributed by atoms with Gasteiger partial charge in [-0.2, -0.15) is 0 Å². The number of ether oxygens (including phenoxy) is 4. The average Bonchev–Trinajstić information content (AvgIpc) is 3.18. The number of hydrogen-bond acceptors (Lipinski definition) is 6. The van der Waals surface area contributed by atoms with Crippen LogP contribution in [0.4, 0.5) is 0 Å². The summed E-state index contributed by atoms with van der Waals surface area (Å²) in [5, 5.41) is 26.6. The van der Waals surface area contributed by atoms with Crippen LogP contribution in [-0.2, 0) is 11.3 Å². The number of carbonyl (C=O) groups is 1. The lowest BCUT2D eigenvalue weighted by Crippen LogP contribution is -2.49. The molecule has 4 rings (SSSR count). The summed E-state index contributed by atoms with van der Waals surface area (Å²) in [4.78, 5) is 11.7. The summed E-state index contributed by atoms with van der Waals surface area (Å²) in [5.74, 6) is 1.20. The molecule has 3 aromatic rings. The first-order chi connectivity index (χ1) is 15.3. The quantitative estimate of drug-likeness (QED) is 0.335. The van der Waals surface area contributed by atoms with Gasteiger partial charge in [0.05, 0.1) is 35.0 Å². The van der Waals surface area contributed by atoms with Crippen LogP contribution in [0.5, 0.6) is 23.0 Å². The Morgan fingerprint density at radius 2 is 1.44 bits per heavy atom. The van der Waals surface area contributed by atoms with Crippen molar-refractivity contribution in [2.75, 3.05) is 35.0 Å². The molecule has 0 aromatic heterocycles. The first kappa shape index (κ1) is 22.0. The monoisotopic (exact) mass is 441 g/mol. The third kappa shape index (κ3) is 3.55. The molecular formula is C24H27NO7. The molecule has 0 aliphatic carbocycles. The lowest BCUT2D eigenvalue weighted by molar-refractivity contribution is -0.897. The molecule has 1 heterocycles. The Morgan fingerprint density at radius 1 is 0.906 bits per heavy atom. The molecule has 1 aliphatic heterocycles. The molecule has 0 radical (unpaired) electrons. The van der Waals surface area contributed by atoms with Gasteiger partial charge in [-0.3, -0.25) is 0 Å². The molecule has 0 spiro atoms. The minimum Gasteiger partial charge on any atom is -0.632 e. The van der Waals surface area contributed by atoms with Crippen molar-refractivity contribution in [3.8, 4) is 23.0 Å². The van der Waals surface area contributed by atoms with E-state index in [1.807, 2.05) is 30.3 Å². The van der Waals surface area contributed by atoms with Crippen LogP contribution in [0.25, 0.3) is 21.5 Å². The fourth-order valence-electron chi connectivity index (χ4n) is 4.76. The van der Waals surface area contributed by atoms with Gasteiger partial charge in [0, 0.05) is 18.4 Å². The van der Waals surface area contributed by atoms with Crippen molar-refractivity contribution in [3.05, 3.63) is 41.1 Å². The number of nitrogens with zero attached hydrogens (tertiary/aromatic N) is 1. The summed E-state index contributed by atoms with van der Waals surface area (Å²) in [7, 11) is 6.27. The molecule has 2 atom stereocenters. The summed E-state index contributed by atoms with van der Waals surface area (Å²) >= 11 is 0. The fourth-order valence-corrected chi connectivity index (χ4v) is 4.76. The summed E-state index contributed by atoms with van der Waals surface area (Å²) in [6.45, 7) is 0.322. The highest BCUT2D eigenvalue weighted by Crippen LogP contribution is 2.42. The summed E-state index contributed by atoms with van der Waals surface area (Å²) < 4.78 is 21.2. The SMILES string of the molecule is COc1cc2cc(C[N@@+]3([O-])CCCC3C(=O)O)c3cc(OC)c(OC)cc3c2cc1OC. The molecule has 0 saturated carbocycles. The van der Waals surface area contributed by atoms with Crippen molar-refractivity contribution < 1.29 is 33.5 Å². The Labute approximate surface area is 186 Å². The number of methoxy groups -OCH3 is 4. The van der Waals surface area contributed by atoms with Crippen molar-refractivity contribution in [1.29, 1.82) is 0 Å². The Hall–Kier alpha value is -3.23. The van der Waals surface area contributed by atoms with Gasteiger partial charge >= 0.3 is 5.97 Å². The second-order valence-electron chi connectivity index (χ2n) is 8.05. The molecule has 32 heavy (non-hydrogen) atoms. The van der Waals surface area contributed by atoms with Gasteiger partial charge < -0.3 is 33.9 Å². The highest BCUT2D eigenvalue weighted by Gasteiger charge is 2.40. The molecular weight excluding hydrogens is 414 g/mol. The summed E-state index contributed by atoms with van der Waals surface area (Å²) in [6.07, 6.45) is 0.973. The first-order valence-corrected chi connectivity index (χ1v) is 10.4.